The van der Waals surface area contributed by atoms with Crippen molar-refractivity contribution in [3.8, 4) is 0 Å². The predicted octanol–water partition coefficient (Wildman–Crippen LogP) is 0.183. The van der Waals surface area contributed by atoms with Crippen LogP contribution < -0.4 is 5.73 Å². The minimum Gasteiger partial charge on any atom is -0.427 e. The minimum absolute atomic E-state index is 0.127. The van der Waals surface area contributed by atoms with Crippen LogP contribution in [0.5, 0.6) is 0 Å². The number of rotatable bonds is 9. The Bertz CT molecular complexity index is 552. The van der Waals surface area contributed by atoms with E-state index in [0.717, 1.165) is 45.2 Å². The Morgan fingerprint density at radius 3 is 2.46 bits per heavy atom. The summed E-state index contributed by atoms with van der Waals surface area (Å²) in [5.74, 6) is 0. The van der Waals surface area contributed by atoms with E-state index in [-0.39, 0.29) is 24.8 Å². The zero-order valence-corrected chi connectivity index (χ0v) is 15.1. The number of hydrogen-bond donors (Lipinski definition) is 4. The van der Waals surface area contributed by atoms with Crippen LogP contribution in [0, 0.1) is 0 Å². The standard InChI is InChI=1S/C17H29BN2O3.CO2/c19-16(7-3-4-9-18(22)23)8-10-20-12-15-6-2-1-5-14(15)11-17(20)13-21;2-1-3/h1-2,5-6,16-17,21-23H,3-4,7-13,19H2;/t16-,17+;/m1./s1. The van der Waals surface area contributed by atoms with Gasteiger partial charge >= 0.3 is 13.3 Å². The van der Waals surface area contributed by atoms with Gasteiger partial charge < -0.3 is 20.9 Å². The van der Waals surface area contributed by atoms with Crippen LogP contribution in [-0.2, 0) is 22.6 Å². The van der Waals surface area contributed by atoms with E-state index in [1.165, 1.54) is 11.1 Å². The molecule has 144 valence electrons. The first kappa shape index (κ1) is 22.5. The molecule has 0 saturated carbocycles. The highest BCUT2D eigenvalue weighted by Crippen LogP contribution is 2.23. The van der Waals surface area contributed by atoms with E-state index < -0.39 is 7.12 Å². The lowest BCUT2D eigenvalue weighted by Gasteiger charge is -2.36. The van der Waals surface area contributed by atoms with E-state index in [0.29, 0.717) is 6.32 Å². The molecule has 0 saturated heterocycles. The molecule has 0 fully saturated rings. The third-order valence-electron chi connectivity index (χ3n) is 4.75. The Hall–Kier alpha value is -1.54. The second-order valence-corrected chi connectivity index (χ2v) is 6.68. The molecule has 0 unspecified atom stereocenters. The molecule has 0 bridgehead atoms. The van der Waals surface area contributed by atoms with Gasteiger partial charge in [-0.3, -0.25) is 4.90 Å². The van der Waals surface area contributed by atoms with Gasteiger partial charge in [-0.15, -0.1) is 0 Å². The van der Waals surface area contributed by atoms with Crippen molar-refractivity contribution in [1.29, 1.82) is 0 Å². The summed E-state index contributed by atoms with van der Waals surface area (Å²) < 4.78 is 0. The van der Waals surface area contributed by atoms with Gasteiger partial charge in [0, 0.05) is 25.2 Å². The predicted molar refractivity (Wildman–Crippen MR) is 97.9 cm³/mol. The van der Waals surface area contributed by atoms with Crippen molar-refractivity contribution >= 4 is 13.3 Å². The lowest BCUT2D eigenvalue weighted by atomic mass is 9.83. The molecule has 1 aromatic rings. The fourth-order valence-electron chi connectivity index (χ4n) is 3.29. The van der Waals surface area contributed by atoms with Gasteiger partial charge in [0.2, 0.25) is 0 Å². The first-order valence-corrected chi connectivity index (χ1v) is 9.04. The van der Waals surface area contributed by atoms with Gasteiger partial charge in [0.25, 0.3) is 0 Å². The Balaban J connectivity index is 0.00000105. The number of nitrogens with two attached hydrogens (primary N) is 1. The summed E-state index contributed by atoms with van der Waals surface area (Å²) in [6.07, 6.45) is 5.09. The maximum atomic E-state index is 9.66. The summed E-state index contributed by atoms with van der Waals surface area (Å²) >= 11 is 0. The fraction of sp³-hybridized carbons (Fsp3) is 0.611. The van der Waals surface area contributed by atoms with Crippen LogP contribution in [0.3, 0.4) is 0 Å². The third kappa shape index (κ3) is 8.23. The molecule has 0 aromatic heterocycles. The van der Waals surface area contributed by atoms with Gasteiger partial charge in [-0.2, -0.15) is 9.59 Å². The Morgan fingerprint density at radius 1 is 1.19 bits per heavy atom. The molecule has 26 heavy (non-hydrogen) atoms. The van der Waals surface area contributed by atoms with E-state index in [1.807, 2.05) is 0 Å². The smallest absolute Gasteiger partial charge is 0.427 e. The maximum absolute atomic E-state index is 9.66. The van der Waals surface area contributed by atoms with Gasteiger partial charge in [-0.1, -0.05) is 37.1 Å². The normalized spacial score (nSPS) is 17.5. The van der Waals surface area contributed by atoms with Crippen LogP contribution in [-0.4, -0.2) is 58.6 Å². The highest BCUT2D eigenvalue weighted by atomic mass is 16.4. The van der Waals surface area contributed by atoms with Crippen molar-refractivity contribution in [1.82, 2.24) is 4.90 Å². The molecule has 7 nitrogen and oxygen atoms in total. The topological polar surface area (TPSA) is 124 Å². The van der Waals surface area contributed by atoms with Crippen LogP contribution in [0.1, 0.15) is 36.8 Å². The number of carbonyl (C=O) groups excluding carboxylic acids is 2. The molecule has 5 N–H and O–H groups in total. The van der Waals surface area contributed by atoms with Gasteiger partial charge in [-0.05, 0) is 36.7 Å². The van der Waals surface area contributed by atoms with Gasteiger partial charge in [-0.25, -0.2) is 0 Å². The molecule has 0 radical (unpaired) electrons. The van der Waals surface area contributed by atoms with Crippen LogP contribution >= 0.6 is 0 Å². The third-order valence-corrected chi connectivity index (χ3v) is 4.75. The fourth-order valence-corrected chi connectivity index (χ4v) is 3.29. The second kappa shape index (κ2) is 12.8. The minimum atomic E-state index is -1.20. The number of hydrogen-bond acceptors (Lipinski definition) is 7. The summed E-state index contributed by atoms with van der Waals surface area (Å²) in [6.45, 7) is 1.95. The van der Waals surface area contributed by atoms with E-state index in [1.54, 1.807) is 0 Å². The quantitative estimate of drug-likeness (QED) is 0.364. The molecule has 1 aliphatic rings. The van der Waals surface area contributed by atoms with E-state index in [4.69, 9.17) is 25.4 Å². The Kier molecular flexibility index (Phi) is 11.0. The highest BCUT2D eigenvalue weighted by Gasteiger charge is 2.25. The molecule has 1 heterocycles. The second-order valence-electron chi connectivity index (χ2n) is 6.68. The van der Waals surface area contributed by atoms with Crippen molar-refractivity contribution in [3.05, 3.63) is 35.4 Å². The number of nitrogens with zero attached hydrogens (tertiary/aromatic N) is 1. The Labute approximate surface area is 155 Å². The van der Waals surface area contributed by atoms with Crippen molar-refractivity contribution in [2.24, 2.45) is 5.73 Å². The molecule has 1 aliphatic heterocycles. The summed E-state index contributed by atoms with van der Waals surface area (Å²) in [4.78, 5) is 18.6. The maximum Gasteiger partial charge on any atom is 0.451 e. The van der Waals surface area contributed by atoms with Crippen molar-refractivity contribution in [2.45, 2.75) is 57.1 Å². The molecular formula is C18H29BN2O5. The molecule has 0 spiro atoms. The first-order valence-electron chi connectivity index (χ1n) is 9.04. The summed E-state index contributed by atoms with van der Waals surface area (Å²) in [7, 11) is -1.20. The molecule has 0 amide bonds. The van der Waals surface area contributed by atoms with Crippen LogP contribution in [0.15, 0.2) is 24.3 Å². The van der Waals surface area contributed by atoms with E-state index in [2.05, 4.69) is 29.2 Å². The lowest BCUT2D eigenvalue weighted by molar-refractivity contribution is -0.191. The van der Waals surface area contributed by atoms with Gasteiger partial charge in [0.1, 0.15) is 0 Å². The highest BCUT2D eigenvalue weighted by molar-refractivity contribution is 6.40. The van der Waals surface area contributed by atoms with Crippen molar-refractivity contribution in [3.63, 3.8) is 0 Å². The summed E-state index contributed by atoms with van der Waals surface area (Å²) in [5, 5.41) is 27.3. The number of fused-ring (bicyclic) bond motifs is 1. The number of aliphatic hydroxyl groups is 1. The Morgan fingerprint density at radius 2 is 1.85 bits per heavy atom. The van der Waals surface area contributed by atoms with E-state index >= 15 is 0 Å². The van der Waals surface area contributed by atoms with Crippen LogP contribution in [0.2, 0.25) is 6.32 Å². The summed E-state index contributed by atoms with van der Waals surface area (Å²) in [5.41, 5.74) is 8.87. The largest absolute Gasteiger partial charge is 0.451 e. The zero-order valence-electron chi connectivity index (χ0n) is 15.1. The molecule has 0 aliphatic carbocycles. The van der Waals surface area contributed by atoms with Crippen LogP contribution in [0.4, 0.5) is 0 Å². The first-order chi connectivity index (χ1) is 12.5. The average molecular weight is 364 g/mol. The SMILES string of the molecule is N[C@H](CCCCB(O)O)CCN1Cc2ccccc2C[C@H]1CO.O=C=O. The number of aliphatic hydroxyl groups excluding tert-OH is 1. The molecule has 1 aromatic carbocycles. The number of unbranched alkanes of at least 4 members (excludes halogenated alkanes) is 1. The lowest BCUT2D eigenvalue weighted by Crippen LogP contribution is -2.44. The monoisotopic (exact) mass is 364 g/mol. The van der Waals surface area contributed by atoms with Gasteiger partial charge in [0.05, 0.1) is 6.61 Å². The molecule has 8 heteroatoms. The van der Waals surface area contributed by atoms with Gasteiger partial charge in [0.15, 0.2) is 0 Å². The van der Waals surface area contributed by atoms with Crippen LogP contribution in [0.25, 0.3) is 0 Å². The zero-order chi connectivity index (χ0) is 19.4. The number of benzene rings is 1. The average Bonchev–Trinajstić information content (AvgIpc) is 2.63. The summed E-state index contributed by atoms with van der Waals surface area (Å²) in [6, 6.07) is 8.75. The van der Waals surface area contributed by atoms with E-state index in [9.17, 15) is 5.11 Å². The van der Waals surface area contributed by atoms with Crippen molar-refractivity contribution in [2.75, 3.05) is 13.2 Å². The van der Waals surface area contributed by atoms with Crippen molar-refractivity contribution < 1.29 is 24.7 Å². The molecule has 2 atom stereocenters. The molecule has 2 rings (SSSR count). The molecular weight excluding hydrogens is 335 g/mol.